The van der Waals surface area contributed by atoms with E-state index in [0.29, 0.717) is 6.54 Å². The van der Waals surface area contributed by atoms with Crippen LogP contribution in [0.2, 0.25) is 0 Å². The first-order valence-corrected chi connectivity index (χ1v) is 9.02. The Balaban J connectivity index is 1.50. The lowest BCUT2D eigenvalue weighted by atomic mass is 10.1. The lowest BCUT2D eigenvalue weighted by molar-refractivity contribution is 0.922. The van der Waals surface area contributed by atoms with Crippen molar-refractivity contribution >= 4 is 28.0 Å². The van der Waals surface area contributed by atoms with Gasteiger partial charge in [-0.05, 0) is 12.0 Å². The largest absolute Gasteiger partial charge is 0.355 e. The SMILES string of the molecule is CCc1nsc(NCc2csc(CCc3ccccc3)n2)n1. The number of aromatic nitrogens is 3. The van der Waals surface area contributed by atoms with Crippen LogP contribution in [0.15, 0.2) is 35.7 Å². The molecule has 0 bridgehead atoms. The maximum absolute atomic E-state index is 4.68. The Kier molecular flexibility index (Phi) is 5.13. The van der Waals surface area contributed by atoms with Crippen molar-refractivity contribution in [3.8, 4) is 0 Å². The second kappa shape index (κ2) is 7.47. The summed E-state index contributed by atoms with van der Waals surface area (Å²) in [4.78, 5) is 9.08. The number of nitrogens with one attached hydrogen (secondary N) is 1. The Labute approximate surface area is 138 Å². The maximum atomic E-state index is 4.68. The summed E-state index contributed by atoms with van der Waals surface area (Å²) in [5.74, 6) is 0.898. The molecule has 4 nitrogen and oxygen atoms in total. The zero-order chi connectivity index (χ0) is 15.2. The molecule has 3 rings (SSSR count). The summed E-state index contributed by atoms with van der Waals surface area (Å²) in [6.07, 6.45) is 2.91. The smallest absolute Gasteiger partial charge is 0.202 e. The molecule has 0 aliphatic heterocycles. The van der Waals surface area contributed by atoms with Gasteiger partial charge >= 0.3 is 0 Å². The molecular formula is C16H18N4S2. The lowest BCUT2D eigenvalue weighted by Gasteiger charge is -1.99. The first kappa shape index (κ1) is 15.1. The van der Waals surface area contributed by atoms with Crippen LogP contribution >= 0.6 is 22.9 Å². The topological polar surface area (TPSA) is 50.7 Å². The van der Waals surface area contributed by atoms with E-state index in [1.165, 1.54) is 22.1 Å². The molecule has 6 heteroatoms. The summed E-state index contributed by atoms with van der Waals surface area (Å²) in [5.41, 5.74) is 2.43. The Morgan fingerprint density at radius 2 is 1.95 bits per heavy atom. The first-order valence-electron chi connectivity index (χ1n) is 7.37. The summed E-state index contributed by atoms with van der Waals surface area (Å²) >= 11 is 3.14. The Bertz CT molecular complexity index is 706. The molecule has 0 aliphatic carbocycles. The van der Waals surface area contributed by atoms with E-state index in [-0.39, 0.29) is 0 Å². The number of benzene rings is 1. The molecule has 0 atom stereocenters. The van der Waals surface area contributed by atoms with Crippen LogP contribution in [-0.2, 0) is 25.8 Å². The minimum atomic E-state index is 0.709. The number of aryl methyl sites for hydroxylation is 3. The fourth-order valence-electron chi connectivity index (χ4n) is 2.08. The quantitative estimate of drug-likeness (QED) is 0.712. The van der Waals surface area contributed by atoms with Crippen molar-refractivity contribution in [1.82, 2.24) is 14.3 Å². The van der Waals surface area contributed by atoms with Crippen LogP contribution in [0.5, 0.6) is 0 Å². The van der Waals surface area contributed by atoms with Crippen molar-refractivity contribution in [3.05, 3.63) is 57.8 Å². The van der Waals surface area contributed by atoms with E-state index < -0.39 is 0 Å². The summed E-state index contributed by atoms with van der Waals surface area (Å²) in [7, 11) is 0. The van der Waals surface area contributed by atoms with Crippen molar-refractivity contribution in [2.24, 2.45) is 0 Å². The number of thiazole rings is 1. The van der Waals surface area contributed by atoms with Gasteiger partial charge in [-0.25, -0.2) is 9.97 Å². The molecule has 22 heavy (non-hydrogen) atoms. The zero-order valence-electron chi connectivity index (χ0n) is 12.5. The van der Waals surface area contributed by atoms with Gasteiger partial charge in [-0.15, -0.1) is 11.3 Å². The molecule has 2 aromatic heterocycles. The zero-order valence-corrected chi connectivity index (χ0v) is 14.1. The van der Waals surface area contributed by atoms with Crippen LogP contribution in [-0.4, -0.2) is 14.3 Å². The van der Waals surface area contributed by atoms with Gasteiger partial charge in [0.2, 0.25) is 5.13 Å². The number of hydrogen-bond donors (Lipinski definition) is 1. The third kappa shape index (κ3) is 4.11. The molecule has 0 fully saturated rings. The fraction of sp³-hybridized carbons (Fsp3) is 0.312. The standard InChI is InChI=1S/C16H18N4S2/c1-2-14-19-16(22-20-14)17-10-13-11-21-15(18-13)9-8-12-6-4-3-5-7-12/h3-7,11H,2,8-10H2,1H3,(H,17,19,20). The van der Waals surface area contributed by atoms with Crippen LogP contribution < -0.4 is 5.32 Å². The van der Waals surface area contributed by atoms with Gasteiger partial charge in [0.25, 0.3) is 0 Å². The molecule has 1 aromatic carbocycles. The molecular weight excluding hydrogens is 312 g/mol. The first-order chi connectivity index (χ1) is 10.8. The van der Waals surface area contributed by atoms with Crippen molar-refractivity contribution < 1.29 is 0 Å². The highest BCUT2D eigenvalue weighted by atomic mass is 32.1. The Morgan fingerprint density at radius 1 is 1.09 bits per heavy atom. The summed E-state index contributed by atoms with van der Waals surface area (Å²) in [6, 6.07) is 10.5. The van der Waals surface area contributed by atoms with E-state index in [1.807, 2.05) is 6.07 Å². The highest BCUT2D eigenvalue weighted by Gasteiger charge is 2.05. The van der Waals surface area contributed by atoms with Gasteiger partial charge in [0, 0.05) is 29.8 Å². The molecule has 0 aliphatic rings. The van der Waals surface area contributed by atoms with Gasteiger partial charge in [-0.2, -0.15) is 4.37 Å². The molecule has 0 spiro atoms. The van der Waals surface area contributed by atoms with E-state index in [9.17, 15) is 0 Å². The van der Waals surface area contributed by atoms with Crippen molar-refractivity contribution in [3.63, 3.8) is 0 Å². The maximum Gasteiger partial charge on any atom is 0.202 e. The molecule has 0 unspecified atom stereocenters. The van der Waals surface area contributed by atoms with E-state index in [4.69, 9.17) is 0 Å². The second-order valence-electron chi connectivity index (χ2n) is 4.94. The van der Waals surface area contributed by atoms with Crippen LogP contribution in [0.3, 0.4) is 0 Å². The highest BCUT2D eigenvalue weighted by molar-refractivity contribution is 7.10. The predicted octanol–water partition coefficient (Wildman–Crippen LogP) is 3.95. The van der Waals surface area contributed by atoms with E-state index >= 15 is 0 Å². The van der Waals surface area contributed by atoms with Crippen LogP contribution in [0.25, 0.3) is 0 Å². The van der Waals surface area contributed by atoms with Crippen LogP contribution in [0.4, 0.5) is 5.13 Å². The molecule has 0 amide bonds. The van der Waals surface area contributed by atoms with Gasteiger partial charge in [0.15, 0.2) is 0 Å². The molecule has 0 saturated heterocycles. The fourth-order valence-corrected chi connectivity index (χ4v) is 3.52. The average Bonchev–Trinajstić information content (AvgIpc) is 3.21. The minimum absolute atomic E-state index is 0.709. The van der Waals surface area contributed by atoms with E-state index in [1.54, 1.807) is 11.3 Å². The molecule has 0 saturated carbocycles. The summed E-state index contributed by atoms with van der Waals surface area (Å²) < 4.78 is 4.27. The monoisotopic (exact) mass is 330 g/mol. The van der Waals surface area contributed by atoms with Crippen molar-refractivity contribution in [2.75, 3.05) is 5.32 Å². The third-order valence-corrected chi connectivity index (χ3v) is 4.94. The van der Waals surface area contributed by atoms with E-state index in [2.05, 4.69) is 56.2 Å². The lowest BCUT2D eigenvalue weighted by Crippen LogP contribution is -2.00. The number of rotatable bonds is 7. The highest BCUT2D eigenvalue weighted by Crippen LogP contribution is 2.16. The van der Waals surface area contributed by atoms with Gasteiger partial charge < -0.3 is 5.32 Å². The summed E-state index contributed by atoms with van der Waals surface area (Å²) in [5, 5.41) is 7.47. The Hall–Kier alpha value is -1.79. The normalized spacial score (nSPS) is 10.8. The van der Waals surface area contributed by atoms with Gasteiger partial charge in [0.1, 0.15) is 5.82 Å². The van der Waals surface area contributed by atoms with E-state index in [0.717, 1.165) is 35.9 Å². The van der Waals surface area contributed by atoms with Gasteiger partial charge in [0.05, 0.1) is 17.2 Å². The Morgan fingerprint density at radius 3 is 2.73 bits per heavy atom. The van der Waals surface area contributed by atoms with Gasteiger partial charge in [-0.3, -0.25) is 0 Å². The van der Waals surface area contributed by atoms with Gasteiger partial charge in [-0.1, -0.05) is 37.3 Å². The molecule has 3 aromatic rings. The number of nitrogens with zero attached hydrogens (tertiary/aromatic N) is 3. The predicted molar refractivity (Wildman–Crippen MR) is 92.6 cm³/mol. The second-order valence-corrected chi connectivity index (χ2v) is 6.64. The molecule has 0 radical (unpaired) electrons. The minimum Gasteiger partial charge on any atom is -0.355 e. The summed E-state index contributed by atoms with van der Waals surface area (Å²) in [6.45, 7) is 2.77. The molecule has 2 heterocycles. The molecule has 114 valence electrons. The van der Waals surface area contributed by atoms with Crippen LogP contribution in [0, 0.1) is 0 Å². The molecule has 1 N–H and O–H groups in total. The van der Waals surface area contributed by atoms with Crippen molar-refractivity contribution in [1.29, 1.82) is 0 Å². The average molecular weight is 330 g/mol. The number of hydrogen-bond acceptors (Lipinski definition) is 6. The van der Waals surface area contributed by atoms with Crippen LogP contribution in [0.1, 0.15) is 29.0 Å². The third-order valence-electron chi connectivity index (χ3n) is 3.27. The number of anilines is 1. The van der Waals surface area contributed by atoms with Crippen molar-refractivity contribution in [2.45, 2.75) is 32.7 Å².